The van der Waals surface area contributed by atoms with Crippen molar-refractivity contribution in [2.24, 2.45) is 5.92 Å². The fraction of sp³-hybridized carbons (Fsp3) is 0.706. The van der Waals surface area contributed by atoms with Crippen LogP contribution in [0.3, 0.4) is 0 Å². The predicted octanol–water partition coefficient (Wildman–Crippen LogP) is 3.27. The van der Waals surface area contributed by atoms with E-state index in [4.69, 9.17) is 0 Å². The highest BCUT2D eigenvalue weighted by atomic mass is 15.2. The molecule has 0 aromatic carbocycles. The number of aryl methyl sites for hydroxylation is 1. The van der Waals surface area contributed by atoms with Crippen LogP contribution in [0.4, 0.5) is 5.69 Å². The smallest absolute Gasteiger partial charge is 0.0448 e. The highest BCUT2D eigenvalue weighted by Gasteiger charge is 2.38. The van der Waals surface area contributed by atoms with Gasteiger partial charge in [-0.1, -0.05) is 0 Å². The van der Waals surface area contributed by atoms with E-state index in [-0.39, 0.29) is 5.54 Å². The number of aromatic nitrogens is 1. The van der Waals surface area contributed by atoms with Gasteiger partial charge in [0, 0.05) is 47.8 Å². The molecule has 1 N–H and O–H groups in total. The molecular formula is C17H27N3. The first-order valence-electron chi connectivity index (χ1n) is 7.89. The second-order valence-electron chi connectivity index (χ2n) is 7.54. The van der Waals surface area contributed by atoms with Crippen LogP contribution in [0.5, 0.6) is 0 Å². The van der Waals surface area contributed by atoms with Crippen molar-refractivity contribution in [1.29, 1.82) is 0 Å². The maximum atomic E-state index is 4.51. The fourth-order valence-corrected chi connectivity index (χ4v) is 3.56. The van der Waals surface area contributed by atoms with Crippen molar-refractivity contribution in [2.75, 3.05) is 11.4 Å². The van der Waals surface area contributed by atoms with E-state index in [0.29, 0.717) is 0 Å². The van der Waals surface area contributed by atoms with Gasteiger partial charge in [-0.3, -0.25) is 4.98 Å². The summed E-state index contributed by atoms with van der Waals surface area (Å²) in [4.78, 5) is 7.15. The second kappa shape index (κ2) is 5.03. The van der Waals surface area contributed by atoms with Gasteiger partial charge in [0.1, 0.15) is 0 Å². The minimum absolute atomic E-state index is 0.145. The number of hydrogen-bond acceptors (Lipinski definition) is 3. The molecular weight excluding hydrogens is 246 g/mol. The summed E-state index contributed by atoms with van der Waals surface area (Å²) >= 11 is 0. The van der Waals surface area contributed by atoms with Crippen LogP contribution in [0.15, 0.2) is 12.3 Å². The van der Waals surface area contributed by atoms with Gasteiger partial charge in [0.05, 0.1) is 0 Å². The third-order valence-corrected chi connectivity index (χ3v) is 4.63. The van der Waals surface area contributed by atoms with Crippen LogP contribution < -0.4 is 10.2 Å². The number of nitrogens with zero attached hydrogens (tertiary/aromatic N) is 2. The first kappa shape index (κ1) is 13.9. The molecule has 20 heavy (non-hydrogen) atoms. The van der Waals surface area contributed by atoms with E-state index in [1.807, 2.05) is 0 Å². The van der Waals surface area contributed by atoms with Crippen LogP contribution in [0.25, 0.3) is 0 Å². The van der Waals surface area contributed by atoms with Gasteiger partial charge in [0.15, 0.2) is 0 Å². The third-order valence-electron chi connectivity index (χ3n) is 4.63. The Morgan fingerprint density at radius 3 is 2.75 bits per heavy atom. The minimum Gasteiger partial charge on any atom is -0.368 e. The molecule has 1 saturated heterocycles. The van der Waals surface area contributed by atoms with E-state index >= 15 is 0 Å². The molecule has 3 heteroatoms. The third kappa shape index (κ3) is 2.83. The highest BCUT2D eigenvalue weighted by molar-refractivity contribution is 5.56. The molecule has 2 aliphatic rings. The summed E-state index contributed by atoms with van der Waals surface area (Å²) in [6.07, 6.45) is 6.27. The average Bonchev–Trinajstić information content (AvgIpc) is 2.98. The maximum Gasteiger partial charge on any atom is 0.0448 e. The molecule has 1 aliphatic heterocycles. The molecule has 110 valence electrons. The summed E-state index contributed by atoms with van der Waals surface area (Å²) in [6.45, 7) is 10.9. The normalized spacial score (nSPS) is 25.5. The quantitative estimate of drug-likeness (QED) is 0.916. The summed E-state index contributed by atoms with van der Waals surface area (Å²) in [5.74, 6) is 0.928. The van der Waals surface area contributed by atoms with Gasteiger partial charge in [0.2, 0.25) is 0 Å². The number of hydrogen-bond donors (Lipinski definition) is 1. The van der Waals surface area contributed by atoms with Gasteiger partial charge in [-0.2, -0.15) is 0 Å². The second-order valence-corrected chi connectivity index (χ2v) is 7.54. The molecule has 2 unspecified atom stereocenters. The Hall–Kier alpha value is -1.09. The Morgan fingerprint density at radius 2 is 2.15 bits per heavy atom. The zero-order valence-electron chi connectivity index (χ0n) is 13.2. The summed E-state index contributed by atoms with van der Waals surface area (Å²) in [5.41, 5.74) is 4.04. The molecule has 1 aromatic rings. The van der Waals surface area contributed by atoms with E-state index < -0.39 is 0 Å². The average molecular weight is 273 g/mol. The number of rotatable bonds is 3. The number of anilines is 1. The summed E-state index contributed by atoms with van der Waals surface area (Å²) in [7, 11) is 0. The molecule has 3 nitrogen and oxygen atoms in total. The first-order chi connectivity index (χ1) is 9.42. The van der Waals surface area contributed by atoms with Crippen LogP contribution in [0.1, 0.15) is 51.3 Å². The molecule has 2 atom stereocenters. The van der Waals surface area contributed by atoms with Crippen LogP contribution in [-0.4, -0.2) is 23.1 Å². The van der Waals surface area contributed by atoms with Gasteiger partial charge in [-0.15, -0.1) is 0 Å². The Bertz CT molecular complexity index is 489. The van der Waals surface area contributed by atoms with E-state index in [1.54, 1.807) is 0 Å². The molecule has 2 bridgehead atoms. The Balaban J connectivity index is 1.83. The van der Waals surface area contributed by atoms with E-state index in [1.165, 1.54) is 37.1 Å². The van der Waals surface area contributed by atoms with Crippen molar-refractivity contribution in [1.82, 2.24) is 10.3 Å². The maximum absolute atomic E-state index is 4.51. The summed E-state index contributed by atoms with van der Waals surface area (Å²) < 4.78 is 0. The molecule has 1 saturated carbocycles. The van der Waals surface area contributed by atoms with Gasteiger partial charge >= 0.3 is 0 Å². The lowest BCUT2D eigenvalue weighted by molar-refractivity contribution is 0.423. The Kier molecular flexibility index (Phi) is 3.49. The molecule has 1 aromatic heterocycles. The summed E-state index contributed by atoms with van der Waals surface area (Å²) in [5, 5.41) is 3.60. The molecule has 1 aliphatic carbocycles. The molecule has 3 rings (SSSR count). The van der Waals surface area contributed by atoms with Crippen LogP contribution in [-0.2, 0) is 6.54 Å². The van der Waals surface area contributed by atoms with Crippen molar-refractivity contribution < 1.29 is 0 Å². The van der Waals surface area contributed by atoms with Gasteiger partial charge in [0.25, 0.3) is 0 Å². The fourth-order valence-electron chi connectivity index (χ4n) is 3.56. The number of pyridine rings is 1. The Labute approximate surface area is 122 Å². The van der Waals surface area contributed by atoms with Crippen LogP contribution in [0, 0.1) is 12.8 Å². The largest absolute Gasteiger partial charge is 0.368 e. The Morgan fingerprint density at radius 1 is 1.35 bits per heavy atom. The van der Waals surface area contributed by atoms with Crippen LogP contribution >= 0.6 is 0 Å². The molecule has 0 amide bonds. The highest BCUT2D eigenvalue weighted by Crippen LogP contribution is 2.41. The topological polar surface area (TPSA) is 28.2 Å². The predicted molar refractivity (Wildman–Crippen MR) is 84.0 cm³/mol. The standard InChI is InChI=1S/C17H27N3/c1-12-7-16(20-11-13-5-6-15(20)8-13)14(9-18-12)10-19-17(2,3)4/h7,9,13,15,19H,5-6,8,10-11H2,1-4H3. The molecule has 0 radical (unpaired) electrons. The van der Waals surface area contributed by atoms with E-state index in [2.05, 4.69) is 55.2 Å². The zero-order valence-corrected chi connectivity index (χ0v) is 13.2. The van der Waals surface area contributed by atoms with Gasteiger partial charge < -0.3 is 10.2 Å². The first-order valence-corrected chi connectivity index (χ1v) is 7.89. The molecule has 2 heterocycles. The monoisotopic (exact) mass is 273 g/mol. The lowest BCUT2D eigenvalue weighted by atomic mass is 10.1. The lowest BCUT2D eigenvalue weighted by Gasteiger charge is -2.32. The summed E-state index contributed by atoms with van der Waals surface area (Å²) in [6, 6.07) is 3.05. The van der Waals surface area contributed by atoms with E-state index in [0.717, 1.165) is 24.2 Å². The van der Waals surface area contributed by atoms with Crippen molar-refractivity contribution >= 4 is 5.69 Å². The lowest BCUT2D eigenvalue weighted by Crippen LogP contribution is -2.37. The SMILES string of the molecule is Cc1cc(N2CC3CCC2C3)c(CNC(C)(C)C)cn1. The van der Waals surface area contributed by atoms with Crippen molar-refractivity contribution in [2.45, 2.75) is 65.1 Å². The number of nitrogens with one attached hydrogen (secondary N) is 1. The van der Waals surface area contributed by atoms with Crippen molar-refractivity contribution in [3.8, 4) is 0 Å². The number of fused-ring (bicyclic) bond motifs is 2. The molecule has 2 fully saturated rings. The van der Waals surface area contributed by atoms with Crippen molar-refractivity contribution in [3.05, 3.63) is 23.5 Å². The van der Waals surface area contributed by atoms with Gasteiger partial charge in [-0.05, 0) is 58.9 Å². The number of piperidine rings is 1. The zero-order chi connectivity index (χ0) is 14.3. The minimum atomic E-state index is 0.145. The van der Waals surface area contributed by atoms with E-state index in [9.17, 15) is 0 Å². The van der Waals surface area contributed by atoms with Crippen molar-refractivity contribution in [3.63, 3.8) is 0 Å². The van der Waals surface area contributed by atoms with Crippen LogP contribution in [0.2, 0.25) is 0 Å². The van der Waals surface area contributed by atoms with Gasteiger partial charge in [-0.25, -0.2) is 0 Å². The molecule has 0 spiro atoms.